The Bertz CT molecular complexity index is 1060. The lowest BCUT2D eigenvalue weighted by Crippen LogP contribution is -2.33. The highest BCUT2D eigenvalue weighted by atomic mass is 16.5. The SMILES string of the molecule is CC1CCc2c(ccc(C(C=NC3CCNCC3)=CN)c2Oc2ccccc2C#N)N1C. The Labute approximate surface area is 190 Å². The van der Waals surface area contributed by atoms with Gasteiger partial charge in [-0.2, -0.15) is 5.26 Å². The molecule has 2 aliphatic heterocycles. The van der Waals surface area contributed by atoms with Gasteiger partial charge in [0, 0.05) is 47.9 Å². The molecule has 0 aromatic heterocycles. The first-order valence-electron chi connectivity index (χ1n) is 11.3. The van der Waals surface area contributed by atoms with Crippen LogP contribution in [0.3, 0.4) is 0 Å². The molecule has 4 rings (SSSR count). The number of allylic oxidation sites excluding steroid dienone is 1. The second-order valence-corrected chi connectivity index (χ2v) is 8.53. The number of piperidine rings is 1. The van der Waals surface area contributed by atoms with E-state index >= 15 is 0 Å². The number of nitriles is 1. The fourth-order valence-electron chi connectivity index (χ4n) is 4.42. The largest absolute Gasteiger partial charge is 0.455 e. The Kier molecular flexibility index (Phi) is 6.77. The number of aliphatic imine (C=N–C) groups is 1. The molecule has 0 saturated carbocycles. The van der Waals surface area contributed by atoms with Crippen LogP contribution < -0.4 is 20.7 Å². The van der Waals surface area contributed by atoms with Gasteiger partial charge in [0.05, 0.1) is 11.6 Å². The molecule has 2 aromatic carbocycles. The van der Waals surface area contributed by atoms with Gasteiger partial charge < -0.3 is 20.7 Å². The summed E-state index contributed by atoms with van der Waals surface area (Å²) in [5.74, 6) is 1.31. The van der Waals surface area contributed by atoms with Gasteiger partial charge in [0.1, 0.15) is 17.6 Å². The number of benzene rings is 2. The number of para-hydroxylation sites is 1. The fourth-order valence-corrected chi connectivity index (χ4v) is 4.42. The summed E-state index contributed by atoms with van der Waals surface area (Å²) in [5, 5.41) is 12.9. The topological polar surface area (TPSA) is 86.7 Å². The molecule has 166 valence electrons. The van der Waals surface area contributed by atoms with Crippen LogP contribution in [-0.2, 0) is 6.42 Å². The number of hydrogen-bond acceptors (Lipinski definition) is 6. The van der Waals surface area contributed by atoms with Crippen LogP contribution in [0.15, 0.2) is 47.6 Å². The molecule has 1 unspecified atom stereocenters. The lowest BCUT2D eigenvalue weighted by atomic mass is 9.92. The van der Waals surface area contributed by atoms with Crippen molar-refractivity contribution in [1.82, 2.24) is 5.32 Å². The average molecular weight is 430 g/mol. The Hall–Kier alpha value is -3.30. The van der Waals surface area contributed by atoms with Crippen LogP contribution in [0.5, 0.6) is 11.5 Å². The molecule has 2 heterocycles. The van der Waals surface area contributed by atoms with Crippen molar-refractivity contribution >= 4 is 17.5 Å². The van der Waals surface area contributed by atoms with Crippen LogP contribution in [0.4, 0.5) is 5.69 Å². The van der Waals surface area contributed by atoms with Gasteiger partial charge >= 0.3 is 0 Å². The molecule has 0 bridgehead atoms. The van der Waals surface area contributed by atoms with Crippen LogP contribution in [0.2, 0.25) is 0 Å². The third-order valence-electron chi connectivity index (χ3n) is 6.53. The molecule has 1 atom stereocenters. The van der Waals surface area contributed by atoms with Crippen LogP contribution >= 0.6 is 0 Å². The Balaban J connectivity index is 1.77. The van der Waals surface area contributed by atoms with Crippen LogP contribution in [-0.4, -0.2) is 38.4 Å². The van der Waals surface area contributed by atoms with Crippen molar-refractivity contribution in [1.29, 1.82) is 5.26 Å². The number of nitrogens with two attached hydrogens (primary N) is 1. The maximum Gasteiger partial charge on any atom is 0.145 e. The number of ether oxygens (including phenoxy) is 1. The lowest BCUT2D eigenvalue weighted by Gasteiger charge is -2.35. The molecule has 1 saturated heterocycles. The monoisotopic (exact) mass is 429 g/mol. The molecule has 0 spiro atoms. The van der Waals surface area contributed by atoms with E-state index in [1.165, 1.54) is 0 Å². The van der Waals surface area contributed by atoms with Crippen molar-refractivity contribution in [3.63, 3.8) is 0 Å². The minimum atomic E-state index is 0.305. The van der Waals surface area contributed by atoms with Gasteiger partial charge in [0.25, 0.3) is 0 Å². The fraction of sp³-hybridized carbons (Fsp3) is 0.385. The molecule has 32 heavy (non-hydrogen) atoms. The summed E-state index contributed by atoms with van der Waals surface area (Å²) >= 11 is 0. The van der Waals surface area contributed by atoms with E-state index in [2.05, 4.69) is 42.4 Å². The minimum absolute atomic E-state index is 0.305. The maximum atomic E-state index is 9.57. The Morgan fingerprint density at radius 2 is 2.00 bits per heavy atom. The molecule has 0 radical (unpaired) electrons. The third kappa shape index (κ3) is 4.49. The van der Waals surface area contributed by atoms with Gasteiger partial charge in [-0.1, -0.05) is 12.1 Å². The minimum Gasteiger partial charge on any atom is -0.455 e. The summed E-state index contributed by atoms with van der Waals surface area (Å²) in [6.45, 7) is 4.22. The summed E-state index contributed by atoms with van der Waals surface area (Å²) < 4.78 is 6.47. The van der Waals surface area contributed by atoms with E-state index < -0.39 is 0 Å². The summed E-state index contributed by atoms with van der Waals surface area (Å²) in [7, 11) is 2.12. The summed E-state index contributed by atoms with van der Waals surface area (Å²) in [6, 6.07) is 14.5. The highest BCUT2D eigenvalue weighted by Crippen LogP contribution is 2.42. The van der Waals surface area contributed by atoms with Crippen LogP contribution in [0, 0.1) is 11.3 Å². The van der Waals surface area contributed by atoms with Crippen molar-refractivity contribution in [3.8, 4) is 17.6 Å². The normalized spacial score (nSPS) is 19.6. The Morgan fingerprint density at radius 1 is 1.22 bits per heavy atom. The average Bonchev–Trinajstić information content (AvgIpc) is 2.83. The highest BCUT2D eigenvalue weighted by molar-refractivity contribution is 6.11. The van der Waals surface area contributed by atoms with Crippen molar-refractivity contribution in [2.75, 3.05) is 25.0 Å². The van der Waals surface area contributed by atoms with Crippen LogP contribution in [0.25, 0.3) is 5.57 Å². The van der Waals surface area contributed by atoms with Crippen molar-refractivity contribution in [2.24, 2.45) is 10.7 Å². The zero-order valence-corrected chi connectivity index (χ0v) is 18.8. The number of fused-ring (bicyclic) bond motifs is 1. The second kappa shape index (κ2) is 9.88. The summed E-state index contributed by atoms with van der Waals surface area (Å²) in [6.07, 6.45) is 7.48. The molecule has 2 aromatic rings. The van der Waals surface area contributed by atoms with E-state index in [-0.39, 0.29) is 0 Å². The van der Waals surface area contributed by atoms with Gasteiger partial charge in [-0.15, -0.1) is 0 Å². The van der Waals surface area contributed by atoms with Crippen molar-refractivity contribution in [2.45, 2.75) is 44.7 Å². The third-order valence-corrected chi connectivity index (χ3v) is 6.53. The standard InChI is InChI=1S/C26H31N5O/c1-18-7-8-23-24(31(18)2)10-9-22(20(16-28)17-30-21-11-13-29-14-12-21)26(23)32-25-6-4-3-5-19(25)15-27/h3-6,9-10,16-18,21,29H,7-8,11-14,28H2,1-2H3. The zero-order chi connectivity index (χ0) is 22.5. The number of nitrogens with zero attached hydrogens (tertiary/aromatic N) is 3. The summed E-state index contributed by atoms with van der Waals surface area (Å²) in [5.41, 5.74) is 10.6. The van der Waals surface area contributed by atoms with E-state index in [0.29, 0.717) is 23.4 Å². The zero-order valence-electron chi connectivity index (χ0n) is 18.8. The van der Waals surface area contributed by atoms with E-state index in [9.17, 15) is 5.26 Å². The van der Waals surface area contributed by atoms with Gasteiger partial charge in [-0.25, -0.2) is 0 Å². The molecular formula is C26H31N5O. The van der Waals surface area contributed by atoms with Gasteiger partial charge in [-0.05, 0) is 70.0 Å². The van der Waals surface area contributed by atoms with Gasteiger partial charge in [-0.3, -0.25) is 4.99 Å². The van der Waals surface area contributed by atoms with E-state index in [0.717, 1.165) is 66.9 Å². The van der Waals surface area contributed by atoms with E-state index in [4.69, 9.17) is 15.5 Å². The first-order chi connectivity index (χ1) is 15.6. The van der Waals surface area contributed by atoms with Crippen molar-refractivity contribution in [3.05, 3.63) is 59.3 Å². The van der Waals surface area contributed by atoms with Gasteiger partial charge in [0.15, 0.2) is 0 Å². The quantitative estimate of drug-likeness (QED) is 0.694. The smallest absolute Gasteiger partial charge is 0.145 e. The van der Waals surface area contributed by atoms with E-state index in [1.807, 2.05) is 24.4 Å². The summed E-state index contributed by atoms with van der Waals surface area (Å²) in [4.78, 5) is 7.11. The number of rotatable bonds is 5. The number of anilines is 1. The maximum absolute atomic E-state index is 9.57. The van der Waals surface area contributed by atoms with Crippen LogP contribution in [0.1, 0.15) is 42.9 Å². The van der Waals surface area contributed by atoms with Gasteiger partial charge in [0.2, 0.25) is 0 Å². The molecule has 0 aliphatic carbocycles. The van der Waals surface area contributed by atoms with Crippen molar-refractivity contribution < 1.29 is 4.74 Å². The predicted molar refractivity (Wildman–Crippen MR) is 130 cm³/mol. The molecule has 2 aliphatic rings. The first-order valence-corrected chi connectivity index (χ1v) is 11.3. The molecule has 1 fully saturated rings. The highest BCUT2D eigenvalue weighted by Gasteiger charge is 2.26. The number of hydrogen-bond donors (Lipinski definition) is 2. The van der Waals surface area contributed by atoms with E-state index in [1.54, 1.807) is 12.3 Å². The predicted octanol–water partition coefficient (Wildman–Crippen LogP) is 4.24. The molecule has 0 amide bonds. The molecular weight excluding hydrogens is 398 g/mol. The Morgan fingerprint density at radius 3 is 2.75 bits per heavy atom. The molecule has 3 N–H and O–H groups in total. The second-order valence-electron chi connectivity index (χ2n) is 8.53. The molecule has 6 heteroatoms. The first kappa shape index (κ1) is 21.9. The molecule has 6 nitrogen and oxygen atoms in total. The lowest BCUT2D eigenvalue weighted by molar-refractivity contribution is 0.460. The number of nitrogens with one attached hydrogen (secondary N) is 1.